The Labute approximate surface area is 231 Å². The second kappa shape index (κ2) is 11.3. The molecule has 0 N–H and O–H groups in total. The van der Waals surface area contributed by atoms with Crippen LogP contribution in [0.25, 0.3) is 55.6 Å². The van der Waals surface area contributed by atoms with Crippen LogP contribution in [0.1, 0.15) is 0 Å². The fourth-order valence-electron chi connectivity index (χ4n) is 4.95. The summed E-state index contributed by atoms with van der Waals surface area (Å²) in [4.78, 5) is 0. The number of rotatable bonds is 5. The second-order valence-electron chi connectivity index (χ2n) is 8.83. The first-order chi connectivity index (χ1) is 17.9. The van der Waals surface area contributed by atoms with Crippen LogP contribution in [0, 0.1) is 6.07 Å². The molecule has 0 saturated heterocycles. The Kier molecular flexibility index (Phi) is 7.53. The maximum atomic E-state index is 3.92. The Balaban J connectivity index is 0.00000280. The molecule has 0 amide bonds. The van der Waals surface area contributed by atoms with Crippen LogP contribution in [0.4, 0.5) is 0 Å². The zero-order chi connectivity index (χ0) is 24.2. The van der Waals surface area contributed by atoms with Gasteiger partial charge < -0.3 is 0 Å². The third-order valence-electron chi connectivity index (χ3n) is 6.56. The van der Waals surface area contributed by atoms with Crippen molar-refractivity contribution in [1.29, 1.82) is 0 Å². The average molecular weight is 465 g/mol. The van der Waals surface area contributed by atoms with Crippen LogP contribution in [-0.4, -0.2) is 0 Å². The summed E-state index contributed by atoms with van der Waals surface area (Å²) in [6, 6.07) is 57.4. The normalized spacial score (nSPS) is 10.5. The Hall–Kier alpha value is -4.08. The summed E-state index contributed by atoms with van der Waals surface area (Å²) in [5.41, 5.74) is 11.7. The fourth-order valence-corrected chi connectivity index (χ4v) is 4.95. The summed E-state index contributed by atoms with van der Waals surface area (Å²) in [6.07, 6.45) is 0. The van der Waals surface area contributed by atoms with E-state index in [1.165, 1.54) is 33.4 Å². The first-order valence-corrected chi connectivity index (χ1v) is 12.3. The van der Waals surface area contributed by atoms with Crippen molar-refractivity contribution < 1.29 is 18.9 Å². The van der Waals surface area contributed by atoms with Gasteiger partial charge in [-0.2, -0.15) is 0 Å². The zero-order valence-electron chi connectivity index (χ0n) is 20.9. The topological polar surface area (TPSA) is 0 Å². The molecule has 0 aliphatic rings. The van der Waals surface area contributed by atoms with Crippen molar-refractivity contribution in [3.05, 3.63) is 158 Å². The molecular formula is C36H25Li. The van der Waals surface area contributed by atoms with E-state index in [-0.39, 0.29) is 18.9 Å². The predicted octanol–water partition coefficient (Wildman–Crippen LogP) is 6.83. The van der Waals surface area contributed by atoms with E-state index in [9.17, 15) is 0 Å². The number of hydrogen-bond donors (Lipinski definition) is 0. The van der Waals surface area contributed by atoms with Crippen LogP contribution in [0.5, 0.6) is 0 Å². The van der Waals surface area contributed by atoms with E-state index < -0.39 is 0 Å². The van der Waals surface area contributed by atoms with Crippen LogP contribution >= 0.6 is 0 Å². The molecule has 0 aliphatic carbocycles. The predicted molar refractivity (Wildman–Crippen MR) is 152 cm³/mol. The average Bonchev–Trinajstić information content (AvgIpc) is 2.98. The van der Waals surface area contributed by atoms with Crippen molar-refractivity contribution in [1.82, 2.24) is 0 Å². The van der Waals surface area contributed by atoms with Gasteiger partial charge in [0.05, 0.1) is 0 Å². The molecule has 0 aliphatic heterocycles. The second-order valence-corrected chi connectivity index (χ2v) is 8.83. The van der Waals surface area contributed by atoms with Crippen LogP contribution in [0.3, 0.4) is 0 Å². The molecule has 0 radical (unpaired) electrons. The molecule has 0 unspecified atom stereocenters. The molecule has 6 aromatic carbocycles. The minimum Gasteiger partial charge on any atom is -0.115 e. The van der Waals surface area contributed by atoms with E-state index in [1.807, 2.05) is 0 Å². The molecule has 0 spiro atoms. The van der Waals surface area contributed by atoms with Gasteiger partial charge in [-0.15, -0.1) is 17.2 Å². The zero-order valence-corrected chi connectivity index (χ0v) is 20.9. The summed E-state index contributed by atoms with van der Waals surface area (Å²) < 4.78 is 0. The van der Waals surface area contributed by atoms with Gasteiger partial charge in [-0.05, 0) is 5.56 Å². The van der Waals surface area contributed by atoms with E-state index in [1.54, 1.807) is 0 Å². The Bertz CT molecular complexity index is 1470. The molecule has 0 heterocycles. The van der Waals surface area contributed by atoms with Crippen LogP contribution < -0.4 is 18.9 Å². The van der Waals surface area contributed by atoms with Gasteiger partial charge in [0.25, 0.3) is 0 Å². The van der Waals surface area contributed by atoms with Gasteiger partial charge in [-0.25, -0.2) is 0 Å². The molecule has 6 rings (SSSR count). The van der Waals surface area contributed by atoms with Gasteiger partial charge in [0.1, 0.15) is 0 Å². The van der Waals surface area contributed by atoms with Crippen molar-refractivity contribution in [2.75, 3.05) is 0 Å². The van der Waals surface area contributed by atoms with E-state index in [4.69, 9.17) is 0 Å². The van der Waals surface area contributed by atoms with Gasteiger partial charge in [0.2, 0.25) is 0 Å². The Morgan fingerprint density at radius 2 is 0.514 bits per heavy atom. The van der Waals surface area contributed by atoms with Crippen LogP contribution in [0.15, 0.2) is 152 Å². The monoisotopic (exact) mass is 464 g/mol. The number of hydrogen-bond acceptors (Lipinski definition) is 0. The third kappa shape index (κ3) is 4.96. The van der Waals surface area contributed by atoms with Gasteiger partial charge >= 0.3 is 18.9 Å². The summed E-state index contributed by atoms with van der Waals surface area (Å²) in [5.74, 6) is 0. The first-order valence-electron chi connectivity index (χ1n) is 12.3. The van der Waals surface area contributed by atoms with Crippen molar-refractivity contribution in [3.63, 3.8) is 0 Å². The van der Waals surface area contributed by atoms with Gasteiger partial charge in [-0.3, -0.25) is 0 Å². The summed E-state index contributed by atoms with van der Waals surface area (Å²) in [5, 5.41) is 0. The standard InChI is InChI=1S/C36H25.Li/c1-6-16-27(17-7-1)32-26-33(28-18-8-2-9-19-28)35(30-22-12-4-13-23-30)36(31-24-14-5-15-25-31)34(32)29-20-10-3-11-21-29;/h1-25H;/q-1;+1. The summed E-state index contributed by atoms with van der Waals surface area (Å²) in [7, 11) is 0. The van der Waals surface area contributed by atoms with Gasteiger partial charge in [0.15, 0.2) is 0 Å². The number of benzene rings is 6. The summed E-state index contributed by atoms with van der Waals surface area (Å²) in [6.45, 7) is 0. The Morgan fingerprint density at radius 3 is 0.811 bits per heavy atom. The maximum absolute atomic E-state index is 3.92. The van der Waals surface area contributed by atoms with Crippen molar-refractivity contribution in [3.8, 4) is 55.6 Å². The molecule has 0 fully saturated rings. The molecule has 0 atom stereocenters. The minimum absolute atomic E-state index is 0. The Morgan fingerprint density at radius 1 is 0.270 bits per heavy atom. The molecule has 1 heteroatoms. The molecule has 170 valence electrons. The third-order valence-corrected chi connectivity index (χ3v) is 6.56. The molecule has 0 aromatic heterocycles. The molecule has 0 saturated carbocycles. The fraction of sp³-hybridized carbons (Fsp3) is 0. The quantitative estimate of drug-likeness (QED) is 0.194. The molecule has 6 aromatic rings. The molecule has 0 nitrogen and oxygen atoms in total. The van der Waals surface area contributed by atoms with E-state index >= 15 is 0 Å². The van der Waals surface area contributed by atoms with Crippen molar-refractivity contribution in [2.24, 2.45) is 0 Å². The molecule has 0 bridgehead atoms. The smallest absolute Gasteiger partial charge is 0.115 e. The van der Waals surface area contributed by atoms with E-state index in [2.05, 4.69) is 158 Å². The van der Waals surface area contributed by atoms with Gasteiger partial charge in [-0.1, -0.05) is 191 Å². The first kappa shape index (κ1) is 24.6. The van der Waals surface area contributed by atoms with E-state index in [0.717, 1.165) is 22.3 Å². The largest absolute Gasteiger partial charge is 1.00 e. The van der Waals surface area contributed by atoms with Crippen LogP contribution in [-0.2, 0) is 0 Å². The summed E-state index contributed by atoms with van der Waals surface area (Å²) >= 11 is 0. The van der Waals surface area contributed by atoms with Crippen molar-refractivity contribution >= 4 is 0 Å². The van der Waals surface area contributed by atoms with Crippen LogP contribution in [0.2, 0.25) is 0 Å². The molecule has 37 heavy (non-hydrogen) atoms. The molecular weight excluding hydrogens is 439 g/mol. The maximum Gasteiger partial charge on any atom is 1.00 e. The van der Waals surface area contributed by atoms with Crippen molar-refractivity contribution in [2.45, 2.75) is 0 Å². The minimum atomic E-state index is 0. The SMILES string of the molecule is [Li+].[c-]1c(-c2ccccc2)c(-c2ccccc2)c(-c2ccccc2)c(-c2ccccc2)c1-c1ccccc1. The van der Waals surface area contributed by atoms with Gasteiger partial charge in [0, 0.05) is 0 Å². The van der Waals surface area contributed by atoms with E-state index in [0.29, 0.717) is 0 Å².